The van der Waals surface area contributed by atoms with Crippen molar-refractivity contribution in [1.29, 1.82) is 0 Å². The summed E-state index contributed by atoms with van der Waals surface area (Å²) in [5, 5.41) is 16.3. The van der Waals surface area contributed by atoms with Crippen LogP contribution in [0, 0.1) is 12.8 Å². The van der Waals surface area contributed by atoms with Gasteiger partial charge in [0.1, 0.15) is 6.04 Å². The van der Waals surface area contributed by atoms with Gasteiger partial charge < -0.3 is 15.7 Å². The third-order valence-corrected chi connectivity index (χ3v) is 8.87. The first-order chi connectivity index (χ1) is 19.8. The van der Waals surface area contributed by atoms with E-state index in [1.807, 2.05) is 49.6 Å². The largest absolute Gasteiger partial charge is 0.480 e. The lowest BCUT2D eigenvalue weighted by molar-refractivity contribution is -0.139. The van der Waals surface area contributed by atoms with Crippen molar-refractivity contribution in [3.63, 3.8) is 0 Å². The van der Waals surface area contributed by atoms with Crippen molar-refractivity contribution < 1.29 is 14.7 Å². The van der Waals surface area contributed by atoms with Gasteiger partial charge in [0.25, 0.3) is 5.91 Å². The number of carboxylic acids is 1. The van der Waals surface area contributed by atoms with Crippen molar-refractivity contribution in [2.45, 2.75) is 111 Å². The number of aliphatic carboxylic acids is 1. The zero-order valence-corrected chi connectivity index (χ0v) is 26.3. The highest BCUT2D eigenvalue weighted by molar-refractivity contribution is 7.98. The van der Waals surface area contributed by atoms with Crippen LogP contribution >= 0.6 is 11.8 Å². The third-order valence-electron chi connectivity index (χ3n) is 8.22. The van der Waals surface area contributed by atoms with Crippen molar-refractivity contribution in [1.82, 2.24) is 10.6 Å². The minimum Gasteiger partial charge on any atom is -0.480 e. The summed E-state index contributed by atoms with van der Waals surface area (Å²) in [7, 11) is 0. The zero-order chi connectivity index (χ0) is 29.6. The van der Waals surface area contributed by atoms with E-state index in [0.717, 1.165) is 47.6 Å². The predicted octanol–water partition coefficient (Wildman–Crippen LogP) is 8.80. The number of unbranched alkanes of at least 4 members (excludes halogenated alkanes) is 1. The van der Waals surface area contributed by atoms with Crippen LogP contribution in [0.1, 0.15) is 107 Å². The van der Waals surface area contributed by atoms with Crippen molar-refractivity contribution in [2.24, 2.45) is 5.92 Å². The molecule has 0 aromatic heterocycles. The number of amides is 1. The number of carbonyl (C=O) groups excluding carboxylic acids is 1. The molecule has 0 spiro atoms. The van der Waals surface area contributed by atoms with Crippen LogP contribution in [0.15, 0.2) is 54.1 Å². The molecule has 1 aliphatic rings. The molecular formula is C36H54N2O3S. The summed E-state index contributed by atoms with van der Waals surface area (Å²) in [5.74, 6) is 0.139. The average Bonchev–Trinajstić information content (AvgIpc) is 2.96. The maximum Gasteiger partial charge on any atom is 0.326 e. The number of benzene rings is 2. The molecular weight excluding hydrogens is 540 g/mol. The minimum atomic E-state index is -1.00. The highest BCUT2D eigenvalue weighted by Crippen LogP contribution is 2.30. The Hall–Kier alpha value is -2.57. The molecule has 5 nitrogen and oxygen atoms in total. The number of rotatable bonds is 16. The molecule has 3 rings (SSSR count). The fraction of sp³-hybridized carbons (Fsp3) is 0.556. The van der Waals surface area contributed by atoms with Gasteiger partial charge in [-0.25, -0.2) is 4.79 Å². The maximum absolute atomic E-state index is 13.4. The summed E-state index contributed by atoms with van der Waals surface area (Å²) in [4.78, 5) is 25.2. The van der Waals surface area contributed by atoms with Crippen LogP contribution in [-0.2, 0) is 11.3 Å². The standard InChI is InChI=1S/C35H50N2O3S.CH4/c1-25(2)12-8-10-16-29(22-27-14-6-5-7-15-27)36-24-28-18-19-31(32(23-28)30-17-11-9-13-26(30)3)34(38)37-33(35(39)40)20-21-41-4;/h9,11-13,17-19,23,27,29,33,36H,5-8,10,14-16,20-22,24H2,1-4H3,(H,37,38)(H,39,40);1H4/t29-,33-;/m0./s1. The molecule has 0 bridgehead atoms. The number of aryl methyl sites for hydroxylation is 1. The molecule has 0 unspecified atom stereocenters. The Labute approximate surface area is 259 Å². The summed E-state index contributed by atoms with van der Waals surface area (Å²) in [6.45, 7) is 7.12. The molecule has 232 valence electrons. The van der Waals surface area contributed by atoms with E-state index in [-0.39, 0.29) is 13.3 Å². The lowest BCUT2D eigenvalue weighted by Gasteiger charge is -2.27. The van der Waals surface area contributed by atoms with Gasteiger partial charge in [-0.3, -0.25) is 4.79 Å². The normalized spacial score (nSPS) is 14.9. The van der Waals surface area contributed by atoms with Crippen molar-refractivity contribution in [2.75, 3.05) is 12.0 Å². The fourth-order valence-electron chi connectivity index (χ4n) is 5.87. The topological polar surface area (TPSA) is 78.4 Å². The summed E-state index contributed by atoms with van der Waals surface area (Å²) >= 11 is 1.58. The molecule has 0 saturated heterocycles. The molecule has 1 fully saturated rings. The third kappa shape index (κ3) is 11.6. The number of carbonyl (C=O) groups is 2. The number of thioether (sulfide) groups is 1. The SMILES string of the molecule is C.CSCC[C@H](NC(=O)c1ccc(CN[C@@H](CCCC=C(C)C)CC2CCCCC2)cc1-c1ccccc1C)C(=O)O. The van der Waals surface area contributed by atoms with Gasteiger partial charge in [-0.05, 0) is 105 Å². The van der Waals surface area contributed by atoms with E-state index in [4.69, 9.17) is 0 Å². The quantitative estimate of drug-likeness (QED) is 0.134. The molecule has 3 N–H and O–H groups in total. The number of hydrogen-bond acceptors (Lipinski definition) is 4. The Morgan fingerprint density at radius 2 is 1.79 bits per heavy atom. The molecule has 1 aliphatic carbocycles. The second kappa shape index (κ2) is 18.9. The minimum absolute atomic E-state index is 0. The molecule has 1 saturated carbocycles. The van der Waals surface area contributed by atoms with E-state index in [0.29, 0.717) is 23.8 Å². The van der Waals surface area contributed by atoms with Crippen LogP contribution in [-0.4, -0.2) is 41.1 Å². The predicted molar refractivity (Wildman–Crippen MR) is 180 cm³/mol. The number of nitrogens with one attached hydrogen (secondary N) is 2. The monoisotopic (exact) mass is 594 g/mol. The van der Waals surface area contributed by atoms with Gasteiger partial charge in [-0.15, -0.1) is 0 Å². The summed E-state index contributed by atoms with van der Waals surface area (Å²) < 4.78 is 0. The molecule has 2 aromatic rings. The second-order valence-corrected chi connectivity index (χ2v) is 12.9. The van der Waals surface area contributed by atoms with Gasteiger partial charge in [-0.2, -0.15) is 11.8 Å². The van der Waals surface area contributed by atoms with Crippen LogP contribution in [0.2, 0.25) is 0 Å². The molecule has 6 heteroatoms. The highest BCUT2D eigenvalue weighted by Gasteiger charge is 2.23. The first kappa shape index (κ1) is 35.6. The molecule has 0 heterocycles. The van der Waals surface area contributed by atoms with E-state index in [9.17, 15) is 14.7 Å². The highest BCUT2D eigenvalue weighted by atomic mass is 32.2. The molecule has 2 aromatic carbocycles. The van der Waals surface area contributed by atoms with Crippen molar-refractivity contribution in [3.05, 3.63) is 70.8 Å². The van der Waals surface area contributed by atoms with Crippen molar-refractivity contribution in [3.8, 4) is 11.1 Å². The lowest BCUT2D eigenvalue weighted by atomic mass is 9.83. The smallest absolute Gasteiger partial charge is 0.326 e. The number of allylic oxidation sites excluding steroid dienone is 2. The van der Waals surface area contributed by atoms with E-state index >= 15 is 0 Å². The molecule has 2 atom stereocenters. The number of hydrogen-bond donors (Lipinski definition) is 3. The van der Waals surface area contributed by atoms with Crippen LogP contribution < -0.4 is 10.6 Å². The summed E-state index contributed by atoms with van der Waals surface area (Å²) in [6, 6.07) is 13.6. The van der Waals surface area contributed by atoms with Gasteiger partial charge >= 0.3 is 5.97 Å². The van der Waals surface area contributed by atoms with Gasteiger partial charge in [0.15, 0.2) is 0 Å². The second-order valence-electron chi connectivity index (χ2n) is 11.9. The fourth-order valence-corrected chi connectivity index (χ4v) is 6.34. The van der Waals surface area contributed by atoms with Gasteiger partial charge in [-0.1, -0.05) is 81.5 Å². The van der Waals surface area contributed by atoms with Gasteiger partial charge in [0.2, 0.25) is 0 Å². The van der Waals surface area contributed by atoms with Crippen molar-refractivity contribution >= 4 is 23.6 Å². The Morgan fingerprint density at radius 3 is 2.45 bits per heavy atom. The van der Waals surface area contributed by atoms with E-state index in [2.05, 4.69) is 36.6 Å². The van der Waals surface area contributed by atoms with E-state index in [1.54, 1.807) is 11.8 Å². The molecule has 42 heavy (non-hydrogen) atoms. The lowest BCUT2D eigenvalue weighted by Crippen LogP contribution is -2.41. The zero-order valence-electron chi connectivity index (χ0n) is 25.5. The van der Waals surface area contributed by atoms with E-state index in [1.165, 1.54) is 50.5 Å². The Balaban J connectivity index is 0.00000616. The average molecular weight is 595 g/mol. The van der Waals surface area contributed by atoms with Crippen LogP contribution in [0.5, 0.6) is 0 Å². The van der Waals surface area contributed by atoms with E-state index < -0.39 is 12.0 Å². The van der Waals surface area contributed by atoms with Gasteiger partial charge in [0.05, 0.1) is 0 Å². The maximum atomic E-state index is 13.4. The Bertz CT molecular complexity index is 1150. The van der Waals surface area contributed by atoms with Crippen LogP contribution in [0.3, 0.4) is 0 Å². The summed E-state index contributed by atoms with van der Waals surface area (Å²) in [5.41, 5.74) is 5.96. The Kier molecular flexibility index (Phi) is 16.0. The first-order valence-electron chi connectivity index (χ1n) is 15.4. The number of carboxylic acid groups (broad SMARTS) is 1. The molecule has 1 amide bonds. The van der Waals surface area contributed by atoms with Crippen LogP contribution in [0.4, 0.5) is 0 Å². The van der Waals surface area contributed by atoms with Gasteiger partial charge in [0, 0.05) is 18.2 Å². The first-order valence-corrected chi connectivity index (χ1v) is 16.8. The Morgan fingerprint density at radius 1 is 1.05 bits per heavy atom. The molecule has 0 radical (unpaired) electrons. The molecule has 0 aliphatic heterocycles. The van der Waals surface area contributed by atoms with Crippen LogP contribution in [0.25, 0.3) is 11.1 Å². The summed E-state index contributed by atoms with van der Waals surface area (Å²) in [6.07, 6.45) is 16.2.